The van der Waals surface area contributed by atoms with Crippen LogP contribution in [-0.4, -0.2) is 0 Å². The molecule has 2 aromatic rings. The zero-order chi connectivity index (χ0) is 14.1. The molecule has 3 rings (SSSR count). The zero-order valence-electron chi connectivity index (χ0n) is 12.1. The number of aryl methyl sites for hydroxylation is 2. The zero-order valence-corrected chi connectivity index (χ0v) is 12.1. The van der Waals surface area contributed by atoms with Crippen molar-refractivity contribution >= 4 is 0 Å². The average molecular weight is 267 g/mol. The molecule has 2 heteroatoms. The number of ether oxygens (including phenoxy) is 1. The van der Waals surface area contributed by atoms with Crippen LogP contribution in [0.2, 0.25) is 0 Å². The number of nitrogens with two attached hydrogens (primary N) is 1. The van der Waals surface area contributed by atoms with Crippen molar-refractivity contribution in [2.75, 3.05) is 0 Å². The molecule has 1 aliphatic rings. The SMILES string of the molecule is Cc1cc(C)cc(CC(N)c2ccc3c(c2)COC3)c1. The van der Waals surface area contributed by atoms with Gasteiger partial charge in [0.25, 0.3) is 0 Å². The number of benzene rings is 2. The summed E-state index contributed by atoms with van der Waals surface area (Å²) < 4.78 is 5.46. The van der Waals surface area contributed by atoms with Gasteiger partial charge in [0, 0.05) is 6.04 Å². The van der Waals surface area contributed by atoms with Gasteiger partial charge in [-0.25, -0.2) is 0 Å². The van der Waals surface area contributed by atoms with Gasteiger partial charge in [-0.1, -0.05) is 47.5 Å². The Balaban J connectivity index is 1.80. The molecule has 0 amide bonds. The summed E-state index contributed by atoms with van der Waals surface area (Å²) in [5, 5.41) is 0. The van der Waals surface area contributed by atoms with Crippen LogP contribution in [0.5, 0.6) is 0 Å². The molecule has 0 aliphatic carbocycles. The summed E-state index contributed by atoms with van der Waals surface area (Å²) >= 11 is 0. The van der Waals surface area contributed by atoms with Crippen molar-refractivity contribution in [3.63, 3.8) is 0 Å². The van der Waals surface area contributed by atoms with Crippen LogP contribution in [0.4, 0.5) is 0 Å². The number of hydrogen-bond acceptors (Lipinski definition) is 2. The third-order valence-electron chi connectivity index (χ3n) is 3.91. The Morgan fingerprint density at radius 3 is 2.45 bits per heavy atom. The molecule has 1 atom stereocenters. The fourth-order valence-corrected chi connectivity index (χ4v) is 2.98. The van der Waals surface area contributed by atoms with E-state index in [1.165, 1.54) is 33.4 Å². The molecular formula is C18H21NO. The Hall–Kier alpha value is -1.64. The molecular weight excluding hydrogens is 246 g/mol. The Morgan fingerprint density at radius 1 is 1.00 bits per heavy atom. The van der Waals surface area contributed by atoms with Gasteiger partial charge in [-0.05, 0) is 42.5 Å². The van der Waals surface area contributed by atoms with Crippen molar-refractivity contribution in [1.29, 1.82) is 0 Å². The van der Waals surface area contributed by atoms with Crippen molar-refractivity contribution in [3.8, 4) is 0 Å². The van der Waals surface area contributed by atoms with Gasteiger partial charge in [0.05, 0.1) is 13.2 Å². The number of rotatable bonds is 3. The Labute approximate surface area is 120 Å². The smallest absolute Gasteiger partial charge is 0.0725 e. The van der Waals surface area contributed by atoms with Crippen LogP contribution in [0.1, 0.15) is 39.4 Å². The van der Waals surface area contributed by atoms with Crippen molar-refractivity contribution in [2.45, 2.75) is 39.5 Å². The van der Waals surface area contributed by atoms with E-state index in [1.54, 1.807) is 0 Å². The molecule has 1 heterocycles. The third kappa shape index (κ3) is 2.77. The molecule has 1 unspecified atom stereocenters. The summed E-state index contributed by atoms with van der Waals surface area (Å²) in [6, 6.07) is 13.2. The average Bonchev–Trinajstić information content (AvgIpc) is 2.84. The van der Waals surface area contributed by atoms with Gasteiger partial charge >= 0.3 is 0 Å². The summed E-state index contributed by atoms with van der Waals surface area (Å²) in [7, 11) is 0. The van der Waals surface area contributed by atoms with Crippen molar-refractivity contribution in [3.05, 3.63) is 69.8 Å². The fraction of sp³-hybridized carbons (Fsp3) is 0.333. The lowest BCUT2D eigenvalue weighted by molar-refractivity contribution is 0.134. The van der Waals surface area contributed by atoms with E-state index >= 15 is 0 Å². The Bertz CT molecular complexity index is 613. The first kappa shape index (κ1) is 13.3. The second-order valence-electron chi connectivity index (χ2n) is 5.83. The minimum atomic E-state index is 0.0436. The minimum Gasteiger partial charge on any atom is -0.372 e. The molecule has 104 valence electrons. The standard InChI is InChI=1S/C18H21NO/c1-12-5-13(2)7-14(6-12)8-18(19)15-3-4-16-10-20-11-17(16)9-15/h3-7,9,18H,8,10-11,19H2,1-2H3. The van der Waals surface area contributed by atoms with Gasteiger partial charge in [-0.2, -0.15) is 0 Å². The predicted octanol–water partition coefficient (Wildman–Crippen LogP) is 3.58. The quantitative estimate of drug-likeness (QED) is 0.922. The molecule has 0 saturated carbocycles. The van der Waals surface area contributed by atoms with E-state index in [0.717, 1.165) is 19.6 Å². The molecule has 1 aliphatic heterocycles. The first-order chi connectivity index (χ1) is 9.61. The van der Waals surface area contributed by atoms with Crippen LogP contribution in [0.3, 0.4) is 0 Å². The van der Waals surface area contributed by atoms with Crippen LogP contribution in [-0.2, 0) is 24.4 Å². The molecule has 0 fully saturated rings. The predicted molar refractivity (Wildman–Crippen MR) is 81.5 cm³/mol. The molecule has 0 aromatic heterocycles. The van der Waals surface area contributed by atoms with Gasteiger partial charge in [-0.15, -0.1) is 0 Å². The second-order valence-corrected chi connectivity index (χ2v) is 5.83. The van der Waals surface area contributed by atoms with E-state index in [1.807, 2.05) is 0 Å². The van der Waals surface area contributed by atoms with E-state index in [-0.39, 0.29) is 6.04 Å². The summed E-state index contributed by atoms with van der Waals surface area (Å²) in [5.41, 5.74) is 14.1. The highest BCUT2D eigenvalue weighted by Crippen LogP contribution is 2.25. The lowest BCUT2D eigenvalue weighted by atomic mass is 9.95. The summed E-state index contributed by atoms with van der Waals surface area (Å²) in [6.45, 7) is 5.73. The first-order valence-corrected chi connectivity index (χ1v) is 7.14. The van der Waals surface area contributed by atoms with Gasteiger partial charge in [0.1, 0.15) is 0 Å². The number of hydrogen-bond donors (Lipinski definition) is 1. The van der Waals surface area contributed by atoms with Crippen molar-refractivity contribution in [2.24, 2.45) is 5.73 Å². The lowest BCUT2D eigenvalue weighted by Gasteiger charge is -2.14. The lowest BCUT2D eigenvalue weighted by Crippen LogP contribution is -2.14. The van der Waals surface area contributed by atoms with Crippen LogP contribution in [0.25, 0.3) is 0 Å². The highest BCUT2D eigenvalue weighted by atomic mass is 16.5. The van der Waals surface area contributed by atoms with E-state index in [9.17, 15) is 0 Å². The van der Waals surface area contributed by atoms with E-state index in [0.29, 0.717) is 0 Å². The summed E-state index contributed by atoms with van der Waals surface area (Å²) in [5.74, 6) is 0. The second kappa shape index (κ2) is 5.39. The molecule has 0 bridgehead atoms. The third-order valence-corrected chi connectivity index (χ3v) is 3.91. The van der Waals surface area contributed by atoms with Crippen LogP contribution in [0.15, 0.2) is 36.4 Å². The van der Waals surface area contributed by atoms with Gasteiger partial charge < -0.3 is 10.5 Å². The fourth-order valence-electron chi connectivity index (χ4n) is 2.98. The minimum absolute atomic E-state index is 0.0436. The molecule has 0 spiro atoms. The maximum Gasteiger partial charge on any atom is 0.0725 e. The summed E-state index contributed by atoms with van der Waals surface area (Å²) in [4.78, 5) is 0. The Kier molecular flexibility index (Phi) is 3.60. The number of fused-ring (bicyclic) bond motifs is 1. The topological polar surface area (TPSA) is 35.2 Å². The highest BCUT2D eigenvalue weighted by Gasteiger charge is 2.14. The van der Waals surface area contributed by atoms with Gasteiger partial charge in [0.15, 0.2) is 0 Å². The normalized spacial score (nSPS) is 15.2. The highest BCUT2D eigenvalue weighted by molar-refractivity contribution is 5.36. The Morgan fingerprint density at radius 2 is 1.70 bits per heavy atom. The van der Waals surface area contributed by atoms with Crippen LogP contribution < -0.4 is 5.73 Å². The first-order valence-electron chi connectivity index (χ1n) is 7.14. The van der Waals surface area contributed by atoms with Gasteiger partial charge in [-0.3, -0.25) is 0 Å². The molecule has 0 radical (unpaired) electrons. The monoisotopic (exact) mass is 267 g/mol. The molecule has 2 nitrogen and oxygen atoms in total. The molecule has 2 aromatic carbocycles. The maximum atomic E-state index is 6.38. The molecule has 20 heavy (non-hydrogen) atoms. The van der Waals surface area contributed by atoms with Crippen LogP contribution >= 0.6 is 0 Å². The van der Waals surface area contributed by atoms with E-state index in [4.69, 9.17) is 10.5 Å². The molecule has 2 N–H and O–H groups in total. The van der Waals surface area contributed by atoms with Crippen molar-refractivity contribution < 1.29 is 4.74 Å². The van der Waals surface area contributed by atoms with E-state index in [2.05, 4.69) is 50.2 Å². The van der Waals surface area contributed by atoms with E-state index < -0.39 is 0 Å². The maximum absolute atomic E-state index is 6.38. The van der Waals surface area contributed by atoms with Crippen LogP contribution in [0, 0.1) is 13.8 Å². The van der Waals surface area contributed by atoms with Gasteiger partial charge in [0.2, 0.25) is 0 Å². The largest absolute Gasteiger partial charge is 0.372 e. The summed E-state index contributed by atoms with van der Waals surface area (Å²) in [6.07, 6.45) is 0.877. The van der Waals surface area contributed by atoms with Crippen molar-refractivity contribution in [1.82, 2.24) is 0 Å². The molecule has 0 saturated heterocycles.